The van der Waals surface area contributed by atoms with Gasteiger partial charge in [0.1, 0.15) is 11.6 Å². The van der Waals surface area contributed by atoms with Crippen LogP contribution in [0.2, 0.25) is 0 Å². The Morgan fingerprint density at radius 2 is 1.92 bits per heavy atom. The molecule has 1 aromatic heterocycles. The molecule has 1 saturated carbocycles. The molecule has 2 aromatic rings. The van der Waals surface area contributed by atoms with Gasteiger partial charge in [0.15, 0.2) is 0 Å². The van der Waals surface area contributed by atoms with E-state index >= 15 is 0 Å². The number of aromatic nitrogens is 2. The lowest BCUT2D eigenvalue weighted by molar-refractivity contribution is 0.446. The van der Waals surface area contributed by atoms with Crippen LogP contribution in [-0.2, 0) is 11.8 Å². The zero-order valence-electron chi connectivity index (χ0n) is 16.5. The first-order valence-corrected chi connectivity index (χ1v) is 10.3. The standard InChI is InChI=1S/C23H31N3/c1-4-15-26(16-18-12-13-18)22-20-11-8-14-23(3,19-9-6-5-7-10-19)21(20)24-17(2)25-22/h5-7,9-10,18H,4,8,11-16H2,1-3H3. The summed E-state index contributed by atoms with van der Waals surface area (Å²) in [5.41, 5.74) is 4.06. The Balaban J connectivity index is 1.81. The lowest BCUT2D eigenvalue weighted by Gasteiger charge is -2.38. The van der Waals surface area contributed by atoms with Crippen LogP contribution in [0.3, 0.4) is 0 Å². The van der Waals surface area contributed by atoms with Crippen LogP contribution < -0.4 is 4.90 Å². The van der Waals surface area contributed by atoms with Gasteiger partial charge < -0.3 is 4.90 Å². The fourth-order valence-corrected chi connectivity index (χ4v) is 4.52. The van der Waals surface area contributed by atoms with Crippen LogP contribution in [0.25, 0.3) is 0 Å². The molecule has 1 aromatic carbocycles. The maximum absolute atomic E-state index is 5.00. The zero-order chi connectivity index (χ0) is 18.1. The van der Waals surface area contributed by atoms with Gasteiger partial charge in [-0.25, -0.2) is 9.97 Å². The van der Waals surface area contributed by atoms with E-state index in [1.54, 1.807) is 0 Å². The molecule has 0 aliphatic heterocycles. The zero-order valence-corrected chi connectivity index (χ0v) is 16.5. The van der Waals surface area contributed by atoms with Gasteiger partial charge in [-0.1, -0.05) is 37.3 Å². The van der Waals surface area contributed by atoms with Crippen molar-refractivity contribution < 1.29 is 0 Å². The van der Waals surface area contributed by atoms with E-state index in [4.69, 9.17) is 9.97 Å². The summed E-state index contributed by atoms with van der Waals surface area (Å²) in [6, 6.07) is 10.9. The number of hydrogen-bond donors (Lipinski definition) is 0. The molecule has 138 valence electrons. The molecular weight excluding hydrogens is 318 g/mol. The van der Waals surface area contributed by atoms with Gasteiger partial charge in [0.25, 0.3) is 0 Å². The molecule has 26 heavy (non-hydrogen) atoms. The second kappa shape index (κ2) is 7.02. The predicted molar refractivity (Wildman–Crippen MR) is 108 cm³/mol. The first kappa shape index (κ1) is 17.5. The number of hydrogen-bond acceptors (Lipinski definition) is 3. The lowest BCUT2D eigenvalue weighted by atomic mass is 9.70. The molecule has 0 radical (unpaired) electrons. The van der Waals surface area contributed by atoms with E-state index in [0.29, 0.717) is 0 Å². The Morgan fingerprint density at radius 1 is 1.15 bits per heavy atom. The quantitative estimate of drug-likeness (QED) is 0.730. The van der Waals surface area contributed by atoms with Crippen LogP contribution in [0.4, 0.5) is 5.82 Å². The summed E-state index contributed by atoms with van der Waals surface area (Å²) in [4.78, 5) is 12.5. The minimum Gasteiger partial charge on any atom is -0.356 e. The summed E-state index contributed by atoms with van der Waals surface area (Å²) in [7, 11) is 0. The van der Waals surface area contributed by atoms with E-state index < -0.39 is 0 Å². The van der Waals surface area contributed by atoms with Gasteiger partial charge in [0.2, 0.25) is 0 Å². The van der Waals surface area contributed by atoms with Crippen LogP contribution >= 0.6 is 0 Å². The lowest BCUT2D eigenvalue weighted by Crippen LogP contribution is -2.35. The van der Waals surface area contributed by atoms with Crippen LogP contribution in [0.1, 0.15) is 68.6 Å². The van der Waals surface area contributed by atoms with Crippen molar-refractivity contribution in [1.82, 2.24) is 9.97 Å². The normalized spacial score (nSPS) is 22.1. The summed E-state index contributed by atoms with van der Waals surface area (Å²) in [6.07, 6.45) is 7.42. The third kappa shape index (κ3) is 3.24. The van der Waals surface area contributed by atoms with E-state index in [1.165, 1.54) is 54.9 Å². The third-order valence-corrected chi connectivity index (χ3v) is 6.10. The molecule has 1 atom stereocenters. The highest BCUT2D eigenvalue weighted by Crippen LogP contribution is 2.44. The van der Waals surface area contributed by atoms with Crippen LogP contribution in [0.15, 0.2) is 30.3 Å². The molecule has 0 spiro atoms. The topological polar surface area (TPSA) is 29.0 Å². The Bertz CT molecular complexity index is 767. The first-order chi connectivity index (χ1) is 12.6. The molecule has 0 bridgehead atoms. The van der Waals surface area contributed by atoms with E-state index in [0.717, 1.165) is 31.1 Å². The number of benzene rings is 1. The molecule has 4 rings (SSSR count). The van der Waals surface area contributed by atoms with Gasteiger partial charge in [-0.2, -0.15) is 0 Å². The fourth-order valence-electron chi connectivity index (χ4n) is 4.52. The maximum atomic E-state index is 5.00. The van der Waals surface area contributed by atoms with Crippen molar-refractivity contribution in [1.29, 1.82) is 0 Å². The van der Waals surface area contributed by atoms with Crippen LogP contribution in [-0.4, -0.2) is 23.1 Å². The summed E-state index contributed by atoms with van der Waals surface area (Å²) < 4.78 is 0. The Morgan fingerprint density at radius 3 is 2.62 bits per heavy atom. The second-order valence-corrected chi connectivity index (χ2v) is 8.36. The monoisotopic (exact) mass is 349 g/mol. The third-order valence-electron chi connectivity index (χ3n) is 6.10. The molecule has 1 unspecified atom stereocenters. The van der Waals surface area contributed by atoms with Gasteiger partial charge in [-0.15, -0.1) is 0 Å². The van der Waals surface area contributed by atoms with Gasteiger partial charge in [-0.3, -0.25) is 0 Å². The van der Waals surface area contributed by atoms with Crippen LogP contribution in [0.5, 0.6) is 0 Å². The summed E-state index contributed by atoms with van der Waals surface area (Å²) in [5, 5.41) is 0. The fraction of sp³-hybridized carbons (Fsp3) is 0.565. The molecule has 0 N–H and O–H groups in total. The highest BCUT2D eigenvalue weighted by atomic mass is 15.2. The molecule has 2 aliphatic rings. The van der Waals surface area contributed by atoms with Gasteiger partial charge in [0, 0.05) is 24.1 Å². The Labute approximate surface area is 157 Å². The van der Waals surface area contributed by atoms with E-state index in [1.807, 2.05) is 0 Å². The summed E-state index contributed by atoms with van der Waals surface area (Å²) in [5.74, 6) is 3.01. The van der Waals surface area contributed by atoms with Crippen LogP contribution in [0, 0.1) is 12.8 Å². The van der Waals surface area contributed by atoms with Crippen molar-refractivity contribution in [3.05, 3.63) is 53.0 Å². The van der Waals surface area contributed by atoms with Gasteiger partial charge >= 0.3 is 0 Å². The molecule has 3 heteroatoms. The molecule has 0 amide bonds. The minimum absolute atomic E-state index is 0.00520. The molecule has 0 saturated heterocycles. The largest absolute Gasteiger partial charge is 0.356 e. The van der Waals surface area contributed by atoms with Crippen molar-refractivity contribution >= 4 is 5.82 Å². The van der Waals surface area contributed by atoms with Crippen molar-refractivity contribution in [2.45, 2.75) is 64.7 Å². The molecule has 3 nitrogen and oxygen atoms in total. The molecule has 2 aliphatic carbocycles. The average Bonchev–Trinajstić information content (AvgIpc) is 3.46. The smallest absolute Gasteiger partial charge is 0.135 e. The van der Waals surface area contributed by atoms with E-state index in [2.05, 4.69) is 56.0 Å². The molecule has 1 fully saturated rings. The summed E-state index contributed by atoms with van der Waals surface area (Å²) >= 11 is 0. The van der Waals surface area contributed by atoms with E-state index in [-0.39, 0.29) is 5.41 Å². The number of rotatable bonds is 6. The van der Waals surface area contributed by atoms with Crippen molar-refractivity contribution in [3.8, 4) is 0 Å². The second-order valence-electron chi connectivity index (χ2n) is 8.36. The maximum Gasteiger partial charge on any atom is 0.135 e. The van der Waals surface area contributed by atoms with Crippen molar-refractivity contribution in [2.24, 2.45) is 5.92 Å². The molecule has 1 heterocycles. The minimum atomic E-state index is -0.00520. The van der Waals surface area contributed by atoms with Crippen molar-refractivity contribution in [3.63, 3.8) is 0 Å². The van der Waals surface area contributed by atoms with Crippen molar-refractivity contribution in [2.75, 3.05) is 18.0 Å². The number of nitrogens with zero attached hydrogens (tertiary/aromatic N) is 3. The van der Waals surface area contributed by atoms with Gasteiger partial charge in [-0.05, 0) is 63.9 Å². The highest BCUT2D eigenvalue weighted by Gasteiger charge is 2.38. The Kier molecular flexibility index (Phi) is 4.73. The Hall–Kier alpha value is -1.90. The predicted octanol–water partition coefficient (Wildman–Crippen LogP) is 5.05. The van der Waals surface area contributed by atoms with Gasteiger partial charge in [0.05, 0.1) is 5.69 Å². The highest BCUT2D eigenvalue weighted by molar-refractivity contribution is 5.55. The molecular formula is C23H31N3. The number of fused-ring (bicyclic) bond motifs is 1. The first-order valence-electron chi connectivity index (χ1n) is 10.3. The van der Waals surface area contributed by atoms with E-state index in [9.17, 15) is 0 Å². The number of anilines is 1. The SMILES string of the molecule is CCCN(CC1CC1)c1nc(C)nc2c1CCCC2(C)c1ccccc1. The summed E-state index contributed by atoms with van der Waals surface area (Å²) in [6.45, 7) is 8.97. The average molecular weight is 350 g/mol. The number of aryl methyl sites for hydroxylation is 1.